The SMILES string of the molecule is O=C(OCC1Cc2ccccc2O1)c1cccnc1. The number of para-hydroxylation sites is 1. The highest BCUT2D eigenvalue weighted by Crippen LogP contribution is 2.28. The summed E-state index contributed by atoms with van der Waals surface area (Å²) in [6.07, 6.45) is 3.79. The van der Waals surface area contributed by atoms with Crippen molar-refractivity contribution in [1.82, 2.24) is 4.98 Å². The molecule has 4 nitrogen and oxygen atoms in total. The van der Waals surface area contributed by atoms with Crippen molar-refractivity contribution >= 4 is 5.97 Å². The Bertz CT molecular complexity index is 558. The number of fused-ring (bicyclic) bond motifs is 1. The van der Waals surface area contributed by atoms with Gasteiger partial charge in [0.2, 0.25) is 0 Å². The van der Waals surface area contributed by atoms with Gasteiger partial charge in [-0.1, -0.05) is 18.2 Å². The Morgan fingerprint density at radius 2 is 2.21 bits per heavy atom. The maximum atomic E-state index is 11.8. The predicted octanol–water partition coefficient (Wildman–Crippen LogP) is 2.24. The second kappa shape index (κ2) is 5.10. The molecule has 1 aliphatic heterocycles. The molecule has 2 aromatic rings. The molecular weight excluding hydrogens is 242 g/mol. The van der Waals surface area contributed by atoms with Gasteiger partial charge in [-0.3, -0.25) is 4.98 Å². The van der Waals surface area contributed by atoms with E-state index in [2.05, 4.69) is 4.98 Å². The van der Waals surface area contributed by atoms with Gasteiger partial charge in [0, 0.05) is 18.8 Å². The van der Waals surface area contributed by atoms with E-state index in [0.29, 0.717) is 5.56 Å². The summed E-state index contributed by atoms with van der Waals surface area (Å²) in [6, 6.07) is 11.3. The number of aromatic nitrogens is 1. The van der Waals surface area contributed by atoms with E-state index in [1.54, 1.807) is 18.3 Å². The van der Waals surface area contributed by atoms with Crippen LogP contribution in [0, 0.1) is 0 Å². The zero-order valence-corrected chi connectivity index (χ0v) is 10.3. The van der Waals surface area contributed by atoms with Crippen molar-refractivity contribution in [2.45, 2.75) is 12.5 Å². The van der Waals surface area contributed by atoms with E-state index >= 15 is 0 Å². The summed E-state index contributed by atoms with van der Waals surface area (Å²) in [4.78, 5) is 15.6. The number of rotatable bonds is 3. The third kappa shape index (κ3) is 2.57. The number of esters is 1. The smallest absolute Gasteiger partial charge is 0.339 e. The minimum atomic E-state index is -0.368. The highest BCUT2D eigenvalue weighted by atomic mass is 16.6. The number of ether oxygens (including phenoxy) is 2. The van der Waals surface area contributed by atoms with E-state index < -0.39 is 0 Å². The number of carbonyl (C=O) groups is 1. The third-order valence-corrected chi connectivity index (χ3v) is 3.01. The van der Waals surface area contributed by atoms with E-state index in [9.17, 15) is 4.79 Å². The zero-order chi connectivity index (χ0) is 13.1. The first-order valence-corrected chi connectivity index (χ1v) is 6.14. The molecule has 0 aliphatic carbocycles. The summed E-state index contributed by atoms with van der Waals surface area (Å²) in [5.41, 5.74) is 1.61. The number of carbonyl (C=O) groups excluding carboxylic acids is 1. The van der Waals surface area contributed by atoms with Crippen LogP contribution in [-0.2, 0) is 11.2 Å². The lowest BCUT2D eigenvalue weighted by molar-refractivity contribution is 0.0346. The Labute approximate surface area is 111 Å². The van der Waals surface area contributed by atoms with Gasteiger partial charge in [-0.2, -0.15) is 0 Å². The van der Waals surface area contributed by atoms with Gasteiger partial charge < -0.3 is 9.47 Å². The molecule has 0 amide bonds. The lowest BCUT2D eigenvalue weighted by atomic mass is 10.1. The molecule has 0 saturated carbocycles. The lowest BCUT2D eigenvalue weighted by Crippen LogP contribution is -2.22. The minimum absolute atomic E-state index is 0.0991. The van der Waals surface area contributed by atoms with Crippen LogP contribution in [0.1, 0.15) is 15.9 Å². The number of benzene rings is 1. The van der Waals surface area contributed by atoms with Crippen LogP contribution in [0.2, 0.25) is 0 Å². The molecular formula is C15H13NO3. The van der Waals surface area contributed by atoms with E-state index in [1.165, 1.54) is 6.20 Å². The first-order valence-electron chi connectivity index (χ1n) is 6.14. The van der Waals surface area contributed by atoms with Crippen molar-refractivity contribution in [3.8, 4) is 5.75 Å². The molecule has 2 heterocycles. The molecule has 1 unspecified atom stereocenters. The number of hydrogen-bond donors (Lipinski definition) is 0. The largest absolute Gasteiger partial charge is 0.486 e. The zero-order valence-electron chi connectivity index (χ0n) is 10.3. The molecule has 0 bridgehead atoms. The van der Waals surface area contributed by atoms with Crippen LogP contribution in [0.15, 0.2) is 48.8 Å². The van der Waals surface area contributed by atoms with E-state index in [1.807, 2.05) is 24.3 Å². The fourth-order valence-electron chi connectivity index (χ4n) is 2.08. The fraction of sp³-hybridized carbons (Fsp3) is 0.200. The average molecular weight is 255 g/mol. The normalized spacial score (nSPS) is 16.5. The Morgan fingerprint density at radius 1 is 1.32 bits per heavy atom. The molecule has 1 aliphatic rings. The summed E-state index contributed by atoms with van der Waals surface area (Å²) >= 11 is 0. The van der Waals surface area contributed by atoms with Crippen molar-refractivity contribution < 1.29 is 14.3 Å². The van der Waals surface area contributed by atoms with Crippen LogP contribution in [0.3, 0.4) is 0 Å². The standard InChI is InChI=1S/C15H13NO3/c17-15(12-5-3-7-16-9-12)18-10-13-8-11-4-1-2-6-14(11)19-13/h1-7,9,13H,8,10H2. The van der Waals surface area contributed by atoms with Crippen molar-refractivity contribution in [2.75, 3.05) is 6.61 Å². The van der Waals surface area contributed by atoms with Crippen LogP contribution in [0.5, 0.6) is 5.75 Å². The van der Waals surface area contributed by atoms with Crippen LogP contribution in [-0.4, -0.2) is 23.7 Å². The number of hydrogen-bond acceptors (Lipinski definition) is 4. The Morgan fingerprint density at radius 3 is 3.00 bits per heavy atom. The van der Waals surface area contributed by atoms with Crippen LogP contribution in [0.4, 0.5) is 0 Å². The number of pyridine rings is 1. The topological polar surface area (TPSA) is 48.4 Å². The fourth-order valence-corrected chi connectivity index (χ4v) is 2.08. The molecule has 1 aromatic heterocycles. The molecule has 19 heavy (non-hydrogen) atoms. The summed E-state index contributed by atoms with van der Waals surface area (Å²) in [5.74, 6) is 0.512. The van der Waals surface area contributed by atoms with Crippen LogP contribution >= 0.6 is 0 Å². The Kier molecular flexibility index (Phi) is 3.14. The highest BCUT2D eigenvalue weighted by molar-refractivity contribution is 5.88. The van der Waals surface area contributed by atoms with E-state index in [4.69, 9.17) is 9.47 Å². The van der Waals surface area contributed by atoms with Gasteiger partial charge in [0.05, 0.1) is 5.56 Å². The van der Waals surface area contributed by atoms with Crippen molar-refractivity contribution in [2.24, 2.45) is 0 Å². The van der Waals surface area contributed by atoms with Gasteiger partial charge in [-0.25, -0.2) is 4.79 Å². The molecule has 96 valence electrons. The van der Waals surface area contributed by atoms with Gasteiger partial charge in [-0.05, 0) is 23.8 Å². The summed E-state index contributed by atoms with van der Waals surface area (Å²) in [6.45, 7) is 0.252. The van der Waals surface area contributed by atoms with E-state index in [0.717, 1.165) is 17.7 Å². The molecule has 1 aromatic carbocycles. The molecule has 3 rings (SSSR count). The molecule has 4 heteroatoms. The molecule has 0 radical (unpaired) electrons. The summed E-state index contributed by atoms with van der Waals surface area (Å²) in [7, 11) is 0. The van der Waals surface area contributed by atoms with Gasteiger partial charge in [-0.15, -0.1) is 0 Å². The van der Waals surface area contributed by atoms with Gasteiger partial charge >= 0.3 is 5.97 Å². The molecule has 0 saturated heterocycles. The Hall–Kier alpha value is -2.36. The van der Waals surface area contributed by atoms with Gasteiger partial charge in [0.1, 0.15) is 18.5 Å². The van der Waals surface area contributed by atoms with Crippen molar-refractivity contribution in [3.05, 3.63) is 59.9 Å². The van der Waals surface area contributed by atoms with Crippen molar-refractivity contribution in [3.63, 3.8) is 0 Å². The first kappa shape index (κ1) is 11.7. The second-order valence-electron chi connectivity index (χ2n) is 4.39. The summed E-state index contributed by atoms with van der Waals surface area (Å²) < 4.78 is 10.9. The molecule has 0 spiro atoms. The van der Waals surface area contributed by atoms with Crippen molar-refractivity contribution in [1.29, 1.82) is 0 Å². The molecule has 1 atom stereocenters. The predicted molar refractivity (Wildman–Crippen MR) is 69.1 cm³/mol. The minimum Gasteiger partial charge on any atom is -0.486 e. The van der Waals surface area contributed by atoms with Crippen LogP contribution in [0.25, 0.3) is 0 Å². The average Bonchev–Trinajstić information content (AvgIpc) is 2.88. The quantitative estimate of drug-likeness (QED) is 0.789. The lowest BCUT2D eigenvalue weighted by Gasteiger charge is -2.11. The van der Waals surface area contributed by atoms with Gasteiger partial charge in [0.25, 0.3) is 0 Å². The Balaban J connectivity index is 1.56. The molecule has 0 N–H and O–H groups in total. The van der Waals surface area contributed by atoms with Gasteiger partial charge in [0.15, 0.2) is 0 Å². The maximum absolute atomic E-state index is 11.8. The monoisotopic (exact) mass is 255 g/mol. The first-order chi connectivity index (χ1) is 9.33. The van der Waals surface area contributed by atoms with E-state index in [-0.39, 0.29) is 18.7 Å². The number of nitrogens with zero attached hydrogens (tertiary/aromatic N) is 1. The third-order valence-electron chi connectivity index (χ3n) is 3.01. The van der Waals surface area contributed by atoms with Crippen LogP contribution < -0.4 is 4.74 Å². The maximum Gasteiger partial charge on any atom is 0.339 e. The highest BCUT2D eigenvalue weighted by Gasteiger charge is 2.23. The summed E-state index contributed by atoms with van der Waals surface area (Å²) in [5, 5.41) is 0. The molecule has 0 fully saturated rings. The second-order valence-corrected chi connectivity index (χ2v) is 4.39.